The zero-order chi connectivity index (χ0) is 23.2. The van der Waals surface area contributed by atoms with Gasteiger partial charge in [0, 0.05) is 24.5 Å². The fraction of sp³-hybridized carbons (Fsp3) is 0.0833. The molecule has 0 aliphatic carbocycles. The number of hydrogen-bond acceptors (Lipinski definition) is 6. The third-order valence-corrected chi connectivity index (χ3v) is 4.94. The van der Waals surface area contributed by atoms with Gasteiger partial charge in [-0.3, -0.25) is 9.78 Å². The molecule has 0 atom stereocenters. The molecule has 9 heteroatoms. The lowest BCUT2D eigenvalue weighted by Gasteiger charge is -2.15. The van der Waals surface area contributed by atoms with E-state index in [2.05, 4.69) is 25.6 Å². The molecule has 0 fully saturated rings. The number of pyridine rings is 1. The lowest BCUT2D eigenvalue weighted by Crippen LogP contribution is -2.19. The molecule has 1 amide bonds. The first-order valence-corrected chi connectivity index (χ1v) is 10.3. The van der Waals surface area contributed by atoms with Gasteiger partial charge in [-0.1, -0.05) is 41.9 Å². The van der Waals surface area contributed by atoms with Gasteiger partial charge in [0.1, 0.15) is 12.4 Å². The molecule has 0 saturated heterocycles. The van der Waals surface area contributed by atoms with E-state index >= 15 is 0 Å². The summed E-state index contributed by atoms with van der Waals surface area (Å²) < 4.78 is 20.4. The van der Waals surface area contributed by atoms with Crippen LogP contribution in [0.4, 0.5) is 15.9 Å². The predicted octanol–water partition coefficient (Wildman–Crippen LogP) is 5.01. The molecule has 7 nitrogen and oxygen atoms in total. The Morgan fingerprint density at radius 3 is 2.73 bits per heavy atom. The Hall–Kier alpha value is -4.04. The molecule has 0 unspecified atom stereocenters. The third-order valence-electron chi connectivity index (χ3n) is 4.71. The largest absolute Gasteiger partial charge is 0.483 e. The Kier molecular flexibility index (Phi) is 6.75. The van der Waals surface area contributed by atoms with Gasteiger partial charge < -0.3 is 15.4 Å². The van der Waals surface area contributed by atoms with Crippen LogP contribution in [-0.4, -0.2) is 27.9 Å². The van der Waals surface area contributed by atoms with Crippen LogP contribution in [0.2, 0.25) is 5.02 Å². The SMILES string of the molecule is CNC(=O)c1cnccc1Nc1nc(-c2cc(Cl)ccc2F)ncc1OCc1ccccc1. The van der Waals surface area contributed by atoms with E-state index in [0.29, 0.717) is 22.0 Å². The maximum absolute atomic E-state index is 14.4. The Balaban J connectivity index is 1.74. The number of carbonyl (C=O) groups is 1. The molecule has 0 saturated carbocycles. The molecule has 4 rings (SSSR count). The molecule has 4 aromatic rings. The second kappa shape index (κ2) is 10.1. The molecule has 2 heterocycles. The van der Waals surface area contributed by atoms with Crippen molar-refractivity contribution in [1.82, 2.24) is 20.3 Å². The topological polar surface area (TPSA) is 89.0 Å². The van der Waals surface area contributed by atoms with Crippen LogP contribution < -0.4 is 15.4 Å². The van der Waals surface area contributed by atoms with Crippen LogP contribution >= 0.6 is 11.6 Å². The number of carbonyl (C=O) groups excluding carboxylic acids is 1. The molecule has 2 N–H and O–H groups in total. The van der Waals surface area contributed by atoms with Crippen molar-refractivity contribution in [3.63, 3.8) is 0 Å². The van der Waals surface area contributed by atoms with Gasteiger partial charge in [0.05, 0.1) is 23.0 Å². The highest BCUT2D eigenvalue weighted by molar-refractivity contribution is 6.30. The summed E-state index contributed by atoms with van der Waals surface area (Å²) in [5, 5.41) is 6.03. The molecule has 0 spiro atoms. The fourth-order valence-electron chi connectivity index (χ4n) is 3.05. The molecular formula is C24H19ClFN5O2. The minimum atomic E-state index is -0.515. The number of hydrogen-bond donors (Lipinski definition) is 2. The lowest BCUT2D eigenvalue weighted by atomic mass is 10.2. The predicted molar refractivity (Wildman–Crippen MR) is 124 cm³/mol. The van der Waals surface area contributed by atoms with Crippen LogP contribution in [0.1, 0.15) is 15.9 Å². The minimum absolute atomic E-state index is 0.111. The number of halogens is 2. The van der Waals surface area contributed by atoms with E-state index < -0.39 is 5.82 Å². The monoisotopic (exact) mass is 463 g/mol. The Labute approximate surface area is 194 Å². The van der Waals surface area contributed by atoms with Crippen molar-refractivity contribution in [2.45, 2.75) is 6.61 Å². The Morgan fingerprint density at radius 2 is 1.94 bits per heavy atom. The van der Waals surface area contributed by atoms with Gasteiger partial charge in [-0.2, -0.15) is 0 Å². The zero-order valence-electron chi connectivity index (χ0n) is 17.5. The summed E-state index contributed by atoms with van der Waals surface area (Å²) in [6.45, 7) is 0.266. The summed E-state index contributed by atoms with van der Waals surface area (Å²) in [6.07, 6.45) is 4.43. The minimum Gasteiger partial charge on any atom is -0.483 e. The number of nitrogens with zero attached hydrogens (tertiary/aromatic N) is 3. The number of benzene rings is 2. The first kappa shape index (κ1) is 22.2. The summed E-state index contributed by atoms with van der Waals surface area (Å²) in [6, 6.07) is 15.4. The van der Waals surface area contributed by atoms with E-state index in [9.17, 15) is 9.18 Å². The molecule has 166 valence electrons. The summed E-state index contributed by atoms with van der Waals surface area (Å²) in [5.74, 6) is -0.151. The molecule has 2 aromatic heterocycles. The van der Waals surface area contributed by atoms with E-state index in [1.165, 1.54) is 43.8 Å². The van der Waals surface area contributed by atoms with Gasteiger partial charge in [-0.15, -0.1) is 0 Å². The normalized spacial score (nSPS) is 10.5. The molecule has 33 heavy (non-hydrogen) atoms. The van der Waals surface area contributed by atoms with Gasteiger partial charge in [-0.25, -0.2) is 14.4 Å². The molecular weight excluding hydrogens is 445 g/mol. The van der Waals surface area contributed by atoms with Crippen molar-refractivity contribution < 1.29 is 13.9 Å². The third kappa shape index (κ3) is 5.24. The van der Waals surface area contributed by atoms with Crippen molar-refractivity contribution in [2.24, 2.45) is 0 Å². The summed E-state index contributed by atoms with van der Waals surface area (Å²) in [7, 11) is 1.53. The molecule has 0 radical (unpaired) electrons. The van der Waals surface area contributed by atoms with Crippen LogP contribution in [0, 0.1) is 5.82 Å². The second-order valence-corrected chi connectivity index (χ2v) is 7.37. The molecule has 0 aliphatic heterocycles. The first-order valence-electron chi connectivity index (χ1n) is 9.97. The summed E-state index contributed by atoms with van der Waals surface area (Å²) >= 11 is 6.04. The number of ether oxygens (including phenoxy) is 1. The quantitative estimate of drug-likeness (QED) is 0.400. The number of anilines is 2. The lowest BCUT2D eigenvalue weighted by molar-refractivity contribution is 0.0963. The van der Waals surface area contributed by atoms with E-state index in [0.717, 1.165) is 5.56 Å². The van der Waals surface area contributed by atoms with Crippen molar-refractivity contribution >= 4 is 29.0 Å². The van der Waals surface area contributed by atoms with Gasteiger partial charge >= 0.3 is 0 Å². The smallest absolute Gasteiger partial charge is 0.254 e. The highest BCUT2D eigenvalue weighted by atomic mass is 35.5. The van der Waals surface area contributed by atoms with E-state index in [-0.39, 0.29) is 29.7 Å². The maximum Gasteiger partial charge on any atom is 0.254 e. The Bertz CT molecular complexity index is 1290. The molecule has 0 aliphatic rings. The zero-order valence-corrected chi connectivity index (χ0v) is 18.3. The summed E-state index contributed by atoms with van der Waals surface area (Å²) in [5.41, 5.74) is 1.85. The van der Waals surface area contributed by atoms with Crippen LogP contribution in [-0.2, 0) is 6.61 Å². The van der Waals surface area contributed by atoms with Gasteiger partial charge in [0.15, 0.2) is 17.4 Å². The van der Waals surface area contributed by atoms with Crippen molar-refractivity contribution in [1.29, 1.82) is 0 Å². The van der Waals surface area contributed by atoms with Gasteiger partial charge in [0.2, 0.25) is 0 Å². The van der Waals surface area contributed by atoms with Gasteiger partial charge in [-0.05, 0) is 29.8 Å². The number of amides is 1. The highest BCUT2D eigenvalue weighted by Crippen LogP contribution is 2.31. The maximum atomic E-state index is 14.4. The average Bonchev–Trinajstić information content (AvgIpc) is 2.85. The van der Waals surface area contributed by atoms with E-state index in [1.807, 2.05) is 30.3 Å². The van der Waals surface area contributed by atoms with Crippen molar-refractivity contribution in [3.8, 4) is 17.1 Å². The van der Waals surface area contributed by atoms with Gasteiger partial charge in [0.25, 0.3) is 5.91 Å². The highest BCUT2D eigenvalue weighted by Gasteiger charge is 2.17. The average molecular weight is 464 g/mol. The number of nitrogens with one attached hydrogen (secondary N) is 2. The molecule has 0 bridgehead atoms. The van der Waals surface area contributed by atoms with Crippen molar-refractivity contribution in [3.05, 3.63) is 95.2 Å². The first-order chi connectivity index (χ1) is 16.0. The summed E-state index contributed by atoms with van der Waals surface area (Å²) in [4.78, 5) is 25.0. The fourth-order valence-corrected chi connectivity index (χ4v) is 3.22. The van der Waals surface area contributed by atoms with Crippen molar-refractivity contribution in [2.75, 3.05) is 12.4 Å². The van der Waals surface area contributed by atoms with Crippen LogP contribution in [0.25, 0.3) is 11.4 Å². The van der Waals surface area contributed by atoms with E-state index in [1.54, 1.807) is 6.07 Å². The van der Waals surface area contributed by atoms with Crippen LogP contribution in [0.15, 0.2) is 73.2 Å². The molecule has 2 aromatic carbocycles. The number of aromatic nitrogens is 3. The van der Waals surface area contributed by atoms with E-state index in [4.69, 9.17) is 16.3 Å². The van der Waals surface area contributed by atoms with Crippen LogP contribution in [0.5, 0.6) is 5.75 Å². The van der Waals surface area contributed by atoms with Crippen LogP contribution in [0.3, 0.4) is 0 Å². The number of rotatable bonds is 7. The standard InChI is InChI=1S/C24H19ClFN5O2/c1-27-24(32)18-12-28-10-9-20(18)30-23-21(33-14-15-5-3-2-4-6-15)13-29-22(31-23)17-11-16(25)7-8-19(17)26/h2-13H,14H2,1H3,(H,27,32)(H,28,29,30,31). The second-order valence-electron chi connectivity index (χ2n) is 6.93. The Morgan fingerprint density at radius 1 is 1.12 bits per heavy atom.